The van der Waals surface area contributed by atoms with Crippen molar-refractivity contribution in [2.45, 2.75) is 17.1 Å². The van der Waals surface area contributed by atoms with E-state index in [1.54, 1.807) is 12.1 Å². The van der Waals surface area contributed by atoms with Gasteiger partial charge in [0.1, 0.15) is 0 Å². The molecule has 98 valence electrons. The molecule has 0 saturated heterocycles. The van der Waals surface area contributed by atoms with Gasteiger partial charge in [-0.25, -0.2) is 0 Å². The summed E-state index contributed by atoms with van der Waals surface area (Å²) in [5.74, 6) is 0. The summed E-state index contributed by atoms with van der Waals surface area (Å²) >= 11 is 0. The summed E-state index contributed by atoms with van der Waals surface area (Å²) in [6.07, 6.45) is 0. The first-order valence-corrected chi connectivity index (χ1v) is 7.01. The molecule has 0 bridgehead atoms. The van der Waals surface area contributed by atoms with E-state index in [1.165, 1.54) is 12.1 Å². The molecule has 5 heteroatoms. The Labute approximate surface area is 113 Å². The van der Waals surface area contributed by atoms with Crippen LogP contribution in [-0.2, 0) is 10.8 Å². The summed E-state index contributed by atoms with van der Waals surface area (Å²) in [6, 6.07) is 15.4. The van der Waals surface area contributed by atoms with Gasteiger partial charge in [-0.15, -0.1) is 0 Å². The average Bonchev–Trinajstić information content (AvgIpc) is 2.46. The Morgan fingerprint density at radius 3 is 2.16 bits per heavy atom. The Balaban J connectivity index is 2.22. The van der Waals surface area contributed by atoms with Crippen molar-refractivity contribution >= 4 is 16.5 Å². The van der Waals surface area contributed by atoms with Gasteiger partial charge < -0.3 is 0 Å². The summed E-state index contributed by atoms with van der Waals surface area (Å²) in [5.41, 5.74) is 0.993. The summed E-state index contributed by atoms with van der Waals surface area (Å²) in [5, 5.41) is 10.4. The fourth-order valence-corrected chi connectivity index (χ4v) is 2.97. The van der Waals surface area contributed by atoms with E-state index in [2.05, 4.69) is 0 Å². The molecule has 0 radical (unpaired) electrons. The average molecular weight is 275 g/mol. The van der Waals surface area contributed by atoms with E-state index in [-0.39, 0.29) is 10.9 Å². The number of nitro groups is 1. The highest BCUT2D eigenvalue weighted by molar-refractivity contribution is 7.85. The molecule has 0 aliphatic heterocycles. The van der Waals surface area contributed by atoms with Gasteiger partial charge in [0.2, 0.25) is 0 Å². The molecule has 0 spiro atoms. The summed E-state index contributed by atoms with van der Waals surface area (Å²) < 4.78 is 12.4. The lowest BCUT2D eigenvalue weighted by Crippen LogP contribution is -2.03. The molecule has 19 heavy (non-hydrogen) atoms. The van der Waals surface area contributed by atoms with Crippen LogP contribution in [0.15, 0.2) is 59.5 Å². The minimum Gasteiger partial charge on any atom is -0.258 e. The molecule has 0 aromatic heterocycles. The number of hydrogen-bond acceptors (Lipinski definition) is 3. The highest BCUT2D eigenvalue weighted by atomic mass is 32.2. The molecule has 0 aliphatic rings. The van der Waals surface area contributed by atoms with Crippen molar-refractivity contribution in [3.05, 3.63) is 70.3 Å². The topological polar surface area (TPSA) is 60.2 Å². The van der Waals surface area contributed by atoms with E-state index < -0.39 is 15.7 Å². The first kappa shape index (κ1) is 13.4. The fraction of sp³-hybridized carbons (Fsp3) is 0.143. The second-order valence-corrected chi connectivity index (χ2v) is 5.87. The molecule has 0 saturated carbocycles. The van der Waals surface area contributed by atoms with Crippen molar-refractivity contribution in [2.75, 3.05) is 0 Å². The molecule has 2 rings (SSSR count). The SMILES string of the molecule is C[C@@H](c1ccccc1)[S@](=O)c1ccc([N+](=O)[O-])cc1. The second kappa shape index (κ2) is 5.75. The fourth-order valence-electron chi connectivity index (χ4n) is 1.75. The third-order valence-corrected chi connectivity index (χ3v) is 4.52. The van der Waals surface area contributed by atoms with E-state index in [0.29, 0.717) is 4.90 Å². The van der Waals surface area contributed by atoms with Crippen LogP contribution in [0.5, 0.6) is 0 Å². The zero-order chi connectivity index (χ0) is 13.8. The number of rotatable bonds is 4. The van der Waals surface area contributed by atoms with E-state index in [1.807, 2.05) is 37.3 Å². The van der Waals surface area contributed by atoms with Crippen LogP contribution in [-0.4, -0.2) is 9.13 Å². The number of nitrogens with zero attached hydrogens (tertiary/aromatic N) is 1. The number of nitro benzene ring substituents is 1. The van der Waals surface area contributed by atoms with Gasteiger partial charge in [0, 0.05) is 17.0 Å². The normalized spacial score (nSPS) is 13.7. The van der Waals surface area contributed by atoms with Gasteiger partial charge >= 0.3 is 0 Å². The van der Waals surface area contributed by atoms with Crippen LogP contribution < -0.4 is 0 Å². The predicted molar refractivity (Wildman–Crippen MR) is 74.4 cm³/mol. The van der Waals surface area contributed by atoms with Crippen molar-refractivity contribution in [2.24, 2.45) is 0 Å². The molecule has 4 nitrogen and oxygen atoms in total. The van der Waals surface area contributed by atoms with E-state index in [4.69, 9.17) is 0 Å². The van der Waals surface area contributed by atoms with Crippen molar-refractivity contribution in [3.8, 4) is 0 Å². The lowest BCUT2D eigenvalue weighted by Gasteiger charge is -2.11. The maximum Gasteiger partial charge on any atom is 0.269 e. The quantitative estimate of drug-likeness (QED) is 0.634. The van der Waals surface area contributed by atoms with Crippen LogP contribution in [0.2, 0.25) is 0 Å². The monoisotopic (exact) mass is 275 g/mol. The molecule has 0 aliphatic carbocycles. The molecule has 2 aromatic rings. The zero-order valence-corrected chi connectivity index (χ0v) is 11.2. The second-order valence-electron chi connectivity index (χ2n) is 4.10. The van der Waals surface area contributed by atoms with Crippen molar-refractivity contribution in [1.82, 2.24) is 0 Å². The molecule has 0 heterocycles. The van der Waals surface area contributed by atoms with Gasteiger partial charge in [-0.05, 0) is 24.6 Å². The third kappa shape index (κ3) is 3.06. The molecule has 0 unspecified atom stereocenters. The van der Waals surface area contributed by atoms with Crippen molar-refractivity contribution in [1.29, 1.82) is 0 Å². The third-order valence-electron chi connectivity index (χ3n) is 2.87. The predicted octanol–water partition coefficient (Wildman–Crippen LogP) is 3.46. The van der Waals surface area contributed by atoms with E-state index in [9.17, 15) is 14.3 Å². The molecule has 0 fully saturated rings. The summed E-state index contributed by atoms with van der Waals surface area (Å²) in [4.78, 5) is 10.7. The Kier molecular flexibility index (Phi) is 4.06. The summed E-state index contributed by atoms with van der Waals surface area (Å²) in [7, 11) is -1.22. The maximum absolute atomic E-state index is 12.4. The van der Waals surface area contributed by atoms with Gasteiger partial charge in [-0.3, -0.25) is 14.3 Å². The van der Waals surface area contributed by atoms with Crippen LogP contribution in [0.1, 0.15) is 17.7 Å². The van der Waals surface area contributed by atoms with Crippen molar-refractivity contribution < 1.29 is 9.13 Å². The first-order chi connectivity index (χ1) is 9.09. The Hall–Kier alpha value is -2.01. The molecule has 2 atom stereocenters. The smallest absolute Gasteiger partial charge is 0.258 e. The Bertz CT molecular complexity index is 596. The molecular weight excluding hydrogens is 262 g/mol. The minimum atomic E-state index is -1.22. The standard InChI is InChI=1S/C14H13NO3S/c1-11(12-5-3-2-4-6-12)19(18)14-9-7-13(8-10-14)15(16)17/h2-11H,1H3/t11-,19-/m0/s1. The first-order valence-electron chi connectivity index (χ1n) is 5.79. The van der Waals surface area contributed by atoms with Crippen molar-refractivity contribution in [3.63, 3.8) is 0 Å². The minimum absolute atomic E-state index is 0.00751. The van der Waals surface area contributed by atoms with Gasteiger partial charge in [-0.2, -0.15) is 0 Å². The highest BCUT2D eigenvalue weighted by Gasteiger charge is 2.16. The van der Waals surface area contributed by atoms with E-state index >= 15 is 0 Å². The number of hydrogen-bond donors (Lipinski definition) is 0. The largest absolute Gasteiger partial charge is 0.269 e. The van der Waals surface area contributed by atoms with Crippen LogP contribution in [0.4, 0.5) is 5.69 Å². The van der Waals surface area contributed by atoms with Crippen LogP contribution in [0.3, 0.4) is 0 Å². The van der Waals surface area contributed by atoms with Gasteiger partial charge in [0.05, 0.1) is 21.0 Å². The van der Waals surface area contributed by atoms with Gasteiger partial charge in [0.25, 0.3) is 5.69 Å². The number of non-ortho nitro benzene ring substituents is 1. The Morgan fingerprint density at radius 2 is 1.63 bits per heavy atom. The van der Waals surface area contributed by atoms with Crippen LogP contribution >= 0.6 is 0 Å². The van der Waals surface area contributed by atoms with Gasteiger partial charge in [-0.1, -0.05) is 30.3 Å². The lowest BCUT2D eigenvalue weighted by molar-refractivity contribution is -0.384. The summed E-state index contributed by atoms with van der Waals surface area (Å²) in [6.45, 7) is 1.88. The molecule has 2 aromatic carbocycles. The number of benzene rings is 2. The maximum atomic E-state index is 12.4. The zero-order valence-electron chi connectivity index (χ0n) is 10.4. The Morgan fingerprint density at radius 1 is 1.05 bits per heavy atom. The lowest BCUT2D eigenvalue weighted by atomic mass is 10.2. The van der Waals surface area contributed by atoms with E-state index in [0.717, 1.165) is 5.56 Å². The van der Waals surface area contributed by atoms with Crippen LogP contribution in [0, 0.1) is 10.1 Å². The van der Waals surface area contributed by atoms with Gasteiger partial charge in [0.15, 0.2) is 0 Å². The molecule has 0 N–H and O–H groups in total. The van der Waals surface area contributed by atoms with Crippen LogP contribution in [0.25, 0.3) is 0 Å². The molecule has 0 amide bonds. The highest BCUT2D eigenvalue weighted by Crippen LogP contribution is 2.25. The molecular formula is C14H13NO3S.